The minimum atomic E-state index is -3.07. The first-order valence-corrected chi connectivity index (χ1v) is 8.48. The number of rotatable bonds is 6. The molecule has 5 nitrogen and oxygen atoms in total. The second kappa shape index (κ2) is 6.85. The van der Waals surface area contributed by atoms with E-state index in [1.807, 2.05) is 13.8 Å². The molecule has 20 heavy (non-hydrogen) atoms. The molecular weight excluding hydrogens is 278 g/mol. The standard InChI is InChI=1S/C14H21NO4S/c1-10(2)13(16)8-15-14(17)12-6-4-11(5-7-12)9-20(3,18)19/h4-7,10,13,16H,8-9H2,1-3H3,(H,15,17). The quantitative estimate of drug-likeness (QED) is 0.820. The van der Waals surface area contributed by atoms with E-state index >= 15 is 0 Å². The van der Waals surface area contributed by atoms with Crippen LogP contribution in [0.5, 0.6) is 0 Å². The van der Waals surface area contributed by atoms with E-state index in [0.29, 0.717) is 11.1 Å². The van der Waals surface area contributed by atoms with Crippen molar-refractivity contribution in [3.8, 4) is 0 Å². The van der Waals surface area contributed by atoms with Gasteiger partial charge in [-0.2, -0.15) is 0 Å². The highest BCUT2D eigenvalue weighted by Crippen LogP contribution is 2.08. The van der Waals surface area contributed by atoms with Crippen molar-refractivity contribution in [1.82, 2.24) is 5.32 Å². The van der Waals surface area contributed by atoms with Crippen LogP contribution in [0.25, 0.3) is 0 Å². The number of carbonyl (C=O) groups excluding carboxylic acids is 1. The summed E-state index contributed by atoms with van der Waals surface area (Å²) < 4.78 is 22.3. The molecule has 1 amide bonds. The van der Waals surface area contributed by atoms with Crippen molar-refractivity contribution in [3.63, 3.8) is 0 Å². The zero-order valence-corrected chi connectivity index (χ0v) is 12.8. The molecule has 0 saturated carbocycles. The van der Waals surface area contributed by atoms with Crippen LogP contribution in [-0.4, -0.2) is 38.3 Å². The van der Waals surface area contributed by atoms with Gasteiger partial charge in [0.25, 0.3) is 5.91 Å². The lowest BCUT2D eigenvalue weighted by Gasteiger charge is -2.15. The summed E-state index contributed by atoms with van der Waals surface area (Å²) in [4.78, 5) is 11.8. The summed E-state index contributed by atoms with van der Waals surface area (Å²) in [6.07, 6.45) is 0.587. The number of amides is 1. The number of nitrogens with one attached hydrogen (secondary N) is 1. The smallest absolute Gasteiger partial charge is 0.251 e. The molecule has 6 heteroatoms. The number of hydrogen-bond acceptors (Lipinski definition) is 4. The van der Waals surface area contributed by atoms with E-state index in [1.165, 1.54) is 6.26 Å². The fourth-order valence-corrected chi connectivity index (χ4v) is 2.39. The Hall–Kier alpha value is -1.40. The molecule has 112 valence electrons. The van der Waals surface area contributed by atoms with Crippen LogP contribution in [0.2, 0.25) is 0 Å². The van der Waals surface area contributed by atoms with Gasteiger partial charge in [-0.1, -0.05) is 26.0 Å². The van der Waals surface area contributed by atoms with Gasteiger partial charge in [-0.3, -0.25) is 4.79 Å². The second-order valence-electron chi connectivity index (χ2n) is 5.29. The van der Waals surface area contributed by atoms with Crippen LogP contribution < -0.4 is 5.32 Å². The SMILES string of the molecule is CC(C)C(O)CNC(=O)c1ccc(CS(C)(=O)=O)cc1. The third-order valence-electron chi connectivity index (χ3n) is 2.89. The maximum atomic E-state index is 11.8. The highest BCUT2D eigenvalue weighted by Gasteiger charge is 2.12. The Morgan fingerprint density at radius 2 is 1.80 bits per heavy atom. The van der Waals surface area contributed by atoms with Crippen molar-refractivity contribution in [1.29, 1.82) is 0 Å². The molecule has 0 fully saturated rings. The summed E-state index contributed by atoms with van der Waals surface area (Å²) in [5.74, 6) is -0.246. The molecule has 0 aromatic heterocycles. The van der Waals surface area contributed by atoms with Crippen molar-refractivity contribution in [3.05, 3.63) is 35.4 Å². The van der Waals surface area contributed by atoms with Crippen LogP contribution >= 0.6 is 0 Å². The zero-order chi connectivity index (χ0) is 15.3. The lowest BCUT2D eigenvalue weighted by molar-refractivity contribution is 0.0871. The van der Waals surface area contributed by atoms with Gasteiger partial charge in [-0.15, -0.1) is 0 Å². The van der Waals surface area contributed by atoms with Gasteiger partial charge < -0.3 is 10.4 Å². The fraction of sp³-hybridized carbons (Fsp3) is 0.500. The predicted molar refractivity (Wildman–Crippen MR) is 78.2 cm³/mol. The van der Waals surface area contributed by atoms with Crippen molar-refractivity contribution >= 4 is 15.7 Å². The highest BCUT2D eigenvalue weighted by molar-refractivity contribution is 7.89. The van der Waals surface area contributed by atoms with Crippen molar-refractivity contribution < 1.29 is 18.3 Å². The molecular formula is C14H21NO4S. The van der Waals surface area contributed by atoms with Gasteiger partial charge in [0.15, 0.2) is 9.84 Å². The Morgan fingerprint density at radius 1 is 1.25 bits per heavy atom. The van der Waals surface area contributed by atoms with E-state index in [9.17, 15) is 18.3 Å². The molecule has 0 radical (unpaired) electrons. The summed E-state index contributed by atoms with van der Waals surface area (Å²) in [6.45, 7) is 3.94. The predicted octanol–water partition coefficient (Wildman–Crippen LogP) is 0.978. The molecule has 0 aliphatic rings. The van der Waals surface area contributed by atoms with Crippen molar-refractivity contribution in [2.24, 2.45) is 5.92 Å². The topological polar surface area (TPSA) is 83.5 Å². The number of hydrogen-bond donors (Lipinski definition) is 2. The first-order chi connectivity index (χ1) is 9.19. The van der Waals surface area contributed by atoms with Crippen LogP contribution in [0.1, 0.15) is 29.8 Å². The fourth-order valence-electron chi connectivity index (χ4n) is 1.59. The monoisotopic (exact) mass is 299 g/mol. The number of aliphatic hydroxyl groups is 1. The van der Waals surface area contributed by atoms with Gasteiger partial charge in [0.05, 0.1) is 11.9 Å². The number of sulfone groups is 1. The van der Waals surface area contributed by atoms with Gasteiger partial charge in [-0.25, -0.2) is 8.42 Å². The van der Waals surface area contributed by atoms with E-state index in [0.717, 1.165) is 0 Å². The second-order valence-corrected chi connectivity index (χ2v) is 7.43. The van der Waals surface area contributed by atoms with E-state index in [-0.39, 0.29) is 24.1 Å². The molecule has 1 aromatic rings. The average molecular weight is 299 g/mol. The van der Waals surface area contributed by atoms with Crippen molar-refractivity contribution in [2.45, 2.75) is 25.7 Å². The Bertz CT molecular complexity index is 549. The van der Waals surface area contributed by atoms with Gasteiger partial charge in [-0.05, 0) is 23.6 Å². The average Bonchev–Trinajstić information content (AvgIpc) is 2.34. The Labute approximate surface area is 119 Å². The number of aliphatic hydroxyl groups excluding tert-OH is 1. The van der Waals surface area contributed by atoms with Crippen molar-refractivity contribution in [2.75, 3.05) is 12.8 Å². The highest BCUT2D eigenvalue weighted by atomic mass is 32.2. The van der Waals surface area contributed by atoms with Crippen LogP contribution in [0.4, 0.5) is 0 Å². The minimum absolute atomic E-state index is 0.0407. The zero-order valence-electron chi connectivity index (χ0n) is 12.0. The normalized spacial score (nSPS) is 13.2. The minimum Gasteiger partial charge on any atom is -0.391 e. The summed E-state index contributed by atoms with van der Waals surface area (Å²) in [7, 11) is -3.07. The summed E-state index contributed by atoms with van der Waals surface area (Å²) in [6, 6.07) is 6.40. The molecule has 0 heterocycles. The molecule has 1 aromatic carbocycles. The van der Waals surface area contributed by atoms with E-state index < -0.39 is 15.9 Å². The number of carbonyl (C=O) groups is 1. The molecule has 0 spiro atoms. The Morgan fingerprint density at radius 3 is 2.25 bits per heavy atom. The lowest BCUT2D eigenvalue weighted by Crippen LogP contribution is -2.34. The molecule has 0 aliphatic carbocycles. The summed E-state index contributed by atoms with van der Waals surface area (Å²) in [5.41, 5.74) is 1.09. The third kappa shape index (κ3) is 5.71. The van der Waals surface area contributed by atoms with Crippen LogP contribution in [0.3, 0.4) is 0 Å². The Kier molecular flexibility index (Phi) is 5.71. The summed E-state index contributed by atoms with van der Waals surface area (Å²) >= 11 is 0. The molecule has 1 rings (SSSR count). The van der Waals surface area contributed by atoms with E-state index in [4.69, 9.17) is 0 Å². The molecule has 1 unspecified atom stereocenters. The van der Waals surface area contributed by atoms with Crippen LogP contribution in [0, 0.1) is 5.92 Å². The lowest BCUT2D eigenvalue weighted by atomic mass is 10.1. The van der Waals surface area contributed by atoms with E-state index in [2.05, 4.69) is 5.32 Å². The van der Waals surface area contributed by atoms with E-state index in [1.54, 1.807) is 24.3 Å². The van der Waals surface area contributed by atoms with Gasteiger partial charge >= 0.3 is 0 Å². The molecule has 1 atom stereocenters. The maximum Gasteiger partial charge on any atom is 0.251 e. The molecule has 0 aliphatic heterocycles. The molecule has 0 saturated heterocycles. The van der Waals surface area contributed by atoms with Gasteiger partial charge in [0.2, 0.25) is 0 Å². The molecule has 2 N–H and O–H groups in total. The largest absolute Gasteiger partial charge is 0.391 e. The van der Waals surface area contributed by atoms with Crippen LogP contribution in [-0.2, 0) is 15.6 Å². The first-order valence-electron chi connectivity index (χ1n) is 6.42. The van der Waals surface area contributed by atoms with Gasteiger partial charge in [0.1, 0.15) is 0 Å². The van der Waals surface area contributed by atoms with Gasteiger partial charge in [0, 0.05) is 18.4 Å². The Balaban J connectivity index is 2.62. The molecule has 0 bridgehead atoms. The first kappa shape index (κ1) is 16.7. The third-order valence-corrected chi connectivity index (χ3v) is 3.74. The number of benzene rings is 1. The maximum absolute atomic E-state index is 11.8. The van der Waals surface area contributed by atoms with Crippen LogP contribution in [0.15, 0.2) is 24.3 Å². The summed E-state index contributed by atoms with van der Waals surface area (Å²) in [5, 5.41) is 12.3.